The number of rotatable bonds is 2. The molecule has 0 saturated heterocycles. The molecule has 0 saturated carbocycles. The molecule has 0 aliphatic carbocycles. The Morgan fingerprint density at radius 1 is 1.29 bits per heavy atom. The fourth-order valence-electron chi connectivity index (χ4n) is 1.87. The normalized spacial score (nSPS) is 12.7. The van der Waals surface area contributed by atoms with Gasteiger partial charge in [0.2, 0.25) is 0 Å². The highest BCUT2D eigenvalue weighted by molar-refractivity contribution is 8.13. The van der Waals surface area contributed by atoms with Crippen LogP contribution in [0.15, 0.2) is 29.2 Å². The van der Waals surface area contributed by atoms with Gasteiger partial charge < -0.3 is 0 Å². The van der Waals surface area contributed by atoms with Gasteiger partial charge in [-0.25, -0.2) is 17.5 Å². The molecule has 0 unspecified atom stereocenters. The molecule has 0 amide bonds. The molecule has 114 valence electrons. The van der Waals surface area contributed by atoms with Gasteiger partial charge in [-0.3, -0.25) is 0 Å². The average molecular weight is 351 g/mol. The number of halogens is 3. The molecular formula is C13H13Cl2FN2O2S. The second-order valence-electron chi connectivity index (χ2n) is 5.55. The van der Waals surface area contributed by atoms with Crippen LogP contribution in [0.2, 0.25) is 5.15 Å². The van der Waals surface area contributed by atoms with Crippen LogP contribution in [-0.2, 0) is 14.5 Å². The van der Waals surface area contributed by atoms with E-state index in [4.69, 9.17) is 22.3 Å². The lowest BCUT2D eigenvalue weighted by Crippen LogP contribution is -2.15. The van der Waals surface area contributed by atoms with E-state index in [1.165, 1.54) is 22.9 Å². The largest absolute Gasteiger partial charge is 0.266 e. The Morgan fingerprint density at radius 2 is 1.90 bits per heavy atom. The lowest BCUT2D eigenvalue weighted by atomic mass is 9.92. The number of hydrogen-bond acceptors (Lipinski definition) is 3. The molecule has 0 radical (unpaired) electrons. The smallest absolute Gasteiger partial charge is 0.220 e. The predicted molar refractivity (Wildman–Crippen MR) is 80.3 cm³/mol. The van der Waals surface area contributed by atoms with E-state index in [0.29, 0.717) is 5.69 Å². The lowest BCUT2D eigenvalue weighted by molar-refractivity contribution is 0.544. The van der Waals surface area contributed by atoms with Gasteiger partial charge in [-0.1, -0.05) is 38.4 Å². The highest BCUT2D eigenvalue weighted by atomic mass is 35.7. The minimum Gasteiger partial charge on any atom is -0.220 e. The van der Waals surface area contributed by atoms with Crippen LogP contribution in [-0.4, -0.2) is 18.2 Å². The predicted octanol–water partition coefficient (Wildman–Crippen LogP) is 3.89. The van der Waals surface area contributed by atoms with Crippen LogP contribution in [0.4, 0.5) is 4.39 Å². The van der Waals surface area contributed by atoms with E-state index >= 15 is 0 Å². The van der Waals surface area contributed by atoms with Crippen molar-refractivity contribution in [1.29, 1.82) is 0 Å². The van der Waals surface area contributed by atoms with E-state index in [2.05, 4.69) is 5.10 Å². The van der Waals surface area contributed by atoms with Crippen molar-refractivity contribution in [3.05, 3.63) is 40.9 Å². The van der Waals surface area contributed by atoms with Gasteiger partial charge in [-0.15, -0.1) is 0 Å². The van der Waals surface area contributed by atoms with Crippen molar-refractivity contribution in [3.63, 3.8) is 0 Å². The van der Waals surface area contributed by atoms with E-state index in [9.17, 15) is 12.8 Å². The summed E-state index contributed by atoms with van der Waals surface area (Å²) in [5.74, 6) is -0.480. The second kappa shape index (κ2) is 5.26. The Hall–Kier alpha value is -1.11. The van der Waals surface area contributed by atoms with Crippen molar-refractivity contribution in [2.75, 3.05) is 0 Å². The van der Waals surface area contributed by atoms with Crippen LogP contribution in [0.5, 0.6) is 0 Å². The van der Waals surface area contributed by atoms with Crippen molar-refractivity contribution in [2.45, 2.75) is 31.1 Å². The van der Waals surface area contributed by atoms with Gasteiger partial charge in [0.25, 0.3) is 9.05 Å². The van der Waals surface area contributed by atoms with E-state index < -0.39 is 20.3 Å². The zero-order chi connectivity index (χ0) is 16.0. The van der Waals surface area contributed by atoms with Crippen molar-refractivity contribution >= 4 is 31.3 Å². The summed E-state index contributed by atoms with van der Waals surface area (Å²) in [7, 11) is 1.39. The van der Waals surface area contributed by atoms with Gasteiger partial charge in [0.15, 0.2) is 5.15 Å². The SMILES string of the molecule is CC(C)(C)c1nn(-c2cccc(F)c2)c(Cl)c1S(=O)(=O)Cl. The summed E-state index contributed by atoms with van der Waals surface area (Å²) in [6.07, 6.45) is 0. The Balaban J connectivity index is 2.80. The fraction of sp³-hybridized carbons (Fsp3) is 0.308. The first-order valence-corrected chi connectivity index (χ1v) is 8.70. The minimum absolute atomic E-state index is 0.166. The molecule has 1 heterocycles. The summed E-state index contributed by atoms with van der Waals surface area (Å²) in [6.45, 7) is 5.35. The number of hydrogen-bond donors (Lipinski definition) is 0. The maximum absolute atomic E-state index is 13.3. The molecule has 1 aromatic carbocycles. The van der Waals surface area contributed by atoms with Gasteiger partial charge in [0, 0.05) is 16.1 Å². The number of nitrogens with zero attached hydrogens (tertiary/aromatic N) is 2. The first-order valence-electron chi connectivity index (χ1n) is 6.01. The topological polar surface area (TPSA) is 52.0 Å². The molecular weight excluding hydrogens is 338 g/mol. The Kier molecular flexibility index (Phi) is 4.08. The molecule has 0 fully saturated rings. The van der Waals surface area contributed by atoms with Crippen LogP contribution in [0.3, 0.4) is 0 Å². The summed E-state index contributed by atoms with van der Waals surface area (Å²) in [5.41, 5.74) is -0.0525. The molecule has 0 spiro atoms. The Bertz CT molecular complexity index is 795. The van der Waals surface area contributed by atoms with Crippen LogP contribution in [0.25, 0.3) is 5.69 Å². The number of aromatic nitrogens is 2. The van der Waals surface area contributed by atoms with E-state index in [0.717, 1.165) is 0 Å². The minimum atomic E-state index is -4.08. The molecule has 0 aliphatic rings. The molecule has 8 heteroatoms. The zero-order valence-corrected chi connectivity index (χ0v) is 13.9. The summed E-state index contributed by atoms with van der Waals surface area (Å²) in [6, 6.07) is 5.52. The molecule has 4 nitrogen and oxygen atoms in total. The monoisotopic (exact) mass is 350 g/mol. The van der Waals surface area contributed by atoms with E-state index in [-0.39, 0.29) is 15.7 Å². The quantitative estimate of drug-likeness (QED) is 0.772. The van der Waals surface area contributed by atoms with Crippen LogP contribution >= 0.6 is 22.3 Å². The van der Waals surface area contributed by atoms with Gasteiger partial charge >= 0.3 is 0 Å². The zero-order valence-electron chi connectivity index (χ0n) is 11.6. The van der Waals surface area contributed by atoms with Crippen molar-refractivity contribution in [3.8, 4) is 5.69 Å². The maximum Gasteiger partial charge on any atom is 0.266 e. The molecule has 0 N–H and O–H groups in total. The molecule has 0 atom stereocenters. The van der Waals surface area contributed by atoms with Gasteiger partial charge in [0.05, 0.1) is 11.4 Å². The highest BCUT2D eigenvalue weighted by Crippen LogP contribution is 2.36. The maximum atomic E-state index is 13.3. The molecule has 1 aromatic heterocycles. The molecule has 21 heavy (non-hydrogen) atoms. The van der Waals surface area contributed by atoms with Crippen LogP contribution in [0, 0.1) is 5.82 Å². The van der Waals surface area contributed by atoms with Gasteiger partial charge in [0.1, 0.15) is 10.7 Å². The summed E-state index contributed by atoms with van der Waals surface area (Å²) >= 11 is 6.12. The first kappa shape index (κ1) is 16.3. The first-order chi connectivity index (χ1) is 9.51. The van der Waals surface area contributed by atoms with Crippen LogP contribution in [0.1, 0.15) is 26.5 Å². The molecule has 2 rings (SSSR count). The molecule has 2 aromatic rings. The van der Waals surface area contributed by atoms with Crippen molar-refractivity contribution in [1.82, 2.24) is 9.78 Å². The van der Waals surface area contributed by atoms with Crippen molar-refractivity contribution in [2.24, 2.45) is 0 Å². The Labute approximate surface area is 131 Å². The highest BCUT2D eigenvalue weighted by Gasteiger charge is 2.33. The third-order valence-electron chi connectivity index (χ3n) is 2.80. The van der Waals surface area contributed by atoms with Crippen LogP contribution < -0.4 is 0 Å². The third kappa shape index (κ3) is 3.22. The summed E-state index contributed by atoms with van der Waals surface area (Å²) in [4.78, 5) is -0.248. The fourth-order valence-corrected chi connectivity index (χ4v) is 3.82. The lowest BCUT2D eigenvalue weighted by Gasteiger charge is -2.16. The Morgan fingerprint density at radius 3 is 2.33 bits per heavy atom. The second-order valence-corrected chi connectivity index (χ2v) is 8.41. The standard InChI is InChI=1S/C13H13Cl2FN2O2S/c1-13(2,3)11-10(21(15,19)20)12(14)18(17-11)9-6-4-5-8(16)7-9/h4-7H,1-3H3. The van der Waals surface area contributed by atoms with Gasteiger partial charge in [-0.2, -0.15) is 5.10 Å². The van der Waals surface area contributed by atoms with Crippen molar-refractivity contribution < 1.29 is 12.8 Å². The molecule has 0 aliphatic heterocycles. The third-order valence-corrected chi connectivity index (χ3v) is 4.59. The van der Waals surface area contributed by atoms with Gasteiger partial charge in [-0.05, 0) is 18.2 Å². The molecule has 0 bridgehead atoms. The summed E-state index contributed by atoms with van der Waals surface area (Å²) < 4.78 is 38.1. The summed E-state index contributed by atoms with van der Waals surface area (Å²) in [5, 5.41) is 4.05. The number of benzene rings is 1. The van der Waals surface area contributed by atoms with E-state index in [1.54, 1.807) is 26.8 Å². The van der Waals surface area contributed by atoms with E-state index in [1.807, 2.05) is 0 Å². The average Bonchev–Trinajstić information content (AvgIpc) is 2.66.